The number of amides is 2. The number of oxazole rings is 1. The third kappa shape index (κ3) is 4.80. The fourth-order valence-corrected chi connectivity index (χ4v) is 4.87. The second-order valence-electron chi connectivity index (χ2n) is 9.03. The third-order valence-electron chi connectivity index (χ3n) is 6.62. The first kappa shape index (κ1) is 22.3. The fourth-order valence-electron chi connectivity index (χ4n) is 4.87. The van der Waals surface area contributed by atoms with Crippen LogP contribution in [0.1, 0.15) is 36.2 Å². The van der Waals surface area contributed by atoms with Gasteiger partial charge in [-0.2, -0.15) is 0 Å². The third-order valence-corrected chi connectivity index (χ3v) is 6.62. The molecule has 2 unspecified atom stereocenters. The summed E-state index contributed by atoms with van der Waals surface area (Å²) in [5, 5.41) is 3.66. The lowest BCUT2D eigenvalue weighted by atomic mass is 9.79. The van der Waals surface area contributed by atoms with Crippen LogP contribution in [-0.4, -0.2) is 73.5 Å². The molecule has 2 aliphatic heterocycles. The number of aromatic nitrogens is 1. The lowest BCUT2D eigenvalue weighted by Gasteiger charge is -2.46. The van der Waals surface area contributed by atoms with Gasteiger partial charge in [0.1, 0.15) is 5.75 Å². The summed E-state index contributed by atoms with van der Waals surface area (Å²) in [6.45, 7) is 2.32. The monoisotopic (exact) mass is 440 g/mol. The second kappa shape index (κ2) is 9.73. The van der Waals surface area contributed by atoms with Crippen LogP contribution < -0.4 is 10.1 Å². The molecule has 172 valence electrons. The summed E-state index contributed by atoms with van der Waals surface area (Å²) >= 11 is 0. The van der Waals surface area contributed by atoms with Gasteiger partial charge in [-0.25, -0.2) is 4.98 Å². The number of hydrogen-bond acceptors (Lipinski definition) is 6. The Morgan fingerprint density at radius 1 is 1.25 bits per heavy atom. The van der Waals surface area contributed by atoms with Gasteiger partial charge in [0.15, 0.2) is 17.8 Å². The first-order chi connectivity index (χ1) is 15.5. The molecule has 2 bridgehead atoms. The van der Waals surface area contributed by atoms with Gasteiger partial charge < -0.3 is 24.3 Å². The molecule has 8 nitrogen and oxygen atoms in total. The summed E-state index contributed by atoms with van der Waals surface area (Å²) in [7, 11) is 5.20. The maximum atomic E-state index is 13.4. The second-order valence-corrected chi connectivity index (χ2v) is 9.03. The SMILES string of the molecule is COc1ccc(-c2ocnc2C(=O)N2CC3CN[C@H](CCCC(=O)N(C)C)C(C3)C2)cc1. The predicted molar refractivity (Wildman–Crippen MR) is 120 cm³/mol. The van der Waals surface area contributed by atoms with E-state index in [2.05, 4.69) is 10.3 Å². The highest BCUT2D eigenvalue weighted by Gasteiger charge is 2.39. The van der Waals surface area contributed by atoms with Crippen molar-refractivity contribution in [1.29, 1.82) is 0 Å². The number of benzene rings is 1. The van der Waals surface area contributed by atoms with E-state index in [4.69, 9.17) is 9.15 Å². The predicted octanol–water partition coefficient (Wildman–Crippen LogP) is 2.66. The molecule has 32 heavy (non-hydrogen) atoms. The van der Waals surface area contributed by atoms with Gasteiger partial charge in [-0.15, -0.1) is 0 Å². The zero-order chi connectivity index (χ0) is 22.7. The Balaban J connectivity index is 1.42. The summed E-state index contributed by atoms with van der Waals surface area (Å²) in [6, 6.07) is 7.75. The van der Waals surface area contributed by atoms with Gasteiger partial charge in [-0.3, -0.25) is 9.59 Å². The fraction of sp³-hybridized carbons (Fsp3) is 0.542. The van der Waals surface area contributed by atoms with Crippen LogP contribution in [0.5, 0.6) is 5.75 Å². The Hall–Kier alpha value is -2.87. The molecule has 0 radical (unpaired) electrons. The van der Waals surface area contributed by atoms with Crippen LogP contribution in [-0.2, 0) is 4.79 Å². The van der Waals surface area contributed by atoms with Crippen LogP contribution in [0.3, 0.4) is 0 Å². The smallest absolute Gasteiger partial charge is 0.276 e. The normalized spacial score (nSPS) is 22.5. The molecule has 0 spiro atoms. The van der Waals surface area contributed by atoms with Gasteiger partial charge in [0.25, 0.3) is 5.91 Å². The molecule has 1 aromatic carbocycles. The molecule has 3 heterocycles. The summed E-state index contributed by atoms with van der Waals surface area (Å²) in [4.78, 5) is 33.1. The van der Waals surface area contributed by atoms with Gasteiger partial charge >= 0.3 is 0 Å². The van der Waals surface area contributed by atoms with E-state index in [0.717, 1.165) is 43.7 Å². The number of carbonyl (C=O) groups excluding carboxylic acids is 2. The van der Waals surface area contributed by atoms with Crippen molar-refractivity contribution in [3.63, 3.8) is 0 Å². The molecule has 1 aromatic heterocycles. The van der Waals surface area contributed by atoms with Gasteiger partial charge in [0.05, 0.1) is 7.11 Å². The highest BCUT2D eigenvalue weighted by Crippen LogP contribution is 2.33. The van der Waals surface area contributed by atoms with Crippen molar-refractivity contribution in [2.24, 2.45) is 11.8 Å². The molecular formula is C24H32N4O4. The van der Waals surface area contributed by atoms with Crippen molar-refractivity contribution < 1.29 is 18.7 Å². The standard InChI is InChI=1S/C24H32N4O4/c1-27(2)21(29)6-4-5-20-18-11-16(12-25-20)13-28(14-18)24(30)22-23(32-15-26-22)17-7-9-19(31-3)10-8-17/h7-10,15-16,18,20,25H,4-6,11-14H2,1-3H3/t16?,18?,20-/m1/s1. The molecule has 2 fully saturated rings. The number of likely N-dealkylation sites (tertiary alicyclic amines) is 1. The highest BCUT2D eigenvalue weighted by atomic mass is 16.5. The van der Waals surface area contributed by atoms with Gasteiger partial charge in [0.2, 0.25) is 5.91 Å². The van der Waals surface area contributed by atoms with Crippen molar-refractivity contribution in [2.75, 3.05) is 40.8 Å². The van der Waals surface area contributed by atoms with Crippen molar-refractivity contribution in [2.45, 2.75) is 31.7 Å². The van der Waals surface area contributed by atoms with Crippen molar-refractivity contribution in [3.05, 3.63) is 36.4 Å². The topological polar surface area (TPSA) is 87.9 Å². The molecule has 2 aromatic rings. The van der Waals surface area contributed by atoms with Crippen molar-refractivity contribution in [3.8, 4) is 17.1 Å². The molecule has 0 aliphatic carbocycles. The maximum Gasteiger partial charge on any atom is 0.276 e. The van der Waals surface area contributed by atoms with Crippen molar-refractivity contribution in [1.82, 2.24) is 20.1 Å². The number of carbonyl (C=O) groups is 2. The number of rotatable bonds is 7. The van der Waals surface area contributed by atoms with Crippen molar-refractivity contribution >= 4 is 11.8 Å². The van der Waals surface area contributed by atoms with Crippen LogP contribution in [0.25, 0.3) is 11.3 Å². The lowest BCUT2D eigenvalue weighted by molar-refractivity contribution is -0.128. The van der Waals surface area contributed by atoms with Gasteiger partial charge in [-0.1, -0.05) is 0 Å². The number of fused-ring (bicyclic) bond motifs is 2. The zero-order valence-electron chi connectivity index (χ0n) is 19.0. The summed E-state index contributed by atoms with van der Waals surface area (Å²) in [6.07, 6.45) is 4.82. The summed E-state index contributed by atoms with van der Waals surface area (Å²) in [5.41, 5.74) is 1.16. The summed E-state index contributed by atoms with van der Waals surface area (Å²) in [5.74, 6) is 2.14. The molecule has 3 atom stereocenters. The number of ether oxygens (including phenoxy) is 1. The minimum absolute atomic E-state index is 0.0808. The molecule has 2 aliphatic rings. The van der Waals surface area contributed by atoms with Crippen LogP contribution >= 0.6 is 0 Å². The first-order valence-electron chi connectivity index (χ1n) is 11.3. The van der Waals surface area contributed by atoms with Crippen LogP contribution in [0.2, 0.25) is 0 Å². The van der Waals surface area contributed by atoms with Gasteiger partial charge in [-0.05, 0) is 61.9 Å². The first-order valence-corrected chi connectivity index (χ1v) is 11.3. The van der Waals surface area contributed by atoms with E-state index >= 15 is 0 Å². The van der Waals surface area contributed by atoms with E-state index < -0.39 is 0 Å². The minimum atomic E-state index is -0.0808. The molecule has 1 N–H and O–H groups in total. The van der Waals surface area contributed by atoms with E-state index in [1.165, 1.54) is 6.39 Å². The molecule has 2 amide bonds. The molecule has 8 heteroatoms. The lowest BCUT2D eigenvalue weighted by Crippen LogP contribution is -2.57. The Morgan fingerprint density at radius 2 is 2.03 bits per heavy atom. The zero-order valence-corrected chi connectivity index (χ0v) is 19.0. The van der Waals surface area contributed by atoms with E-state index in [0.29, 0.717) is 42.3 Å². The Kier molecular flexibility index (Phi) is 6.79. The molecule has 2 saturated heterocycles. The Labute approximate surface area is 188 Å². The molecule has 4 rings (SSSR count). The van der Waals surface area contributed by atoms with E-state index in [1.54, 1.807) is 26.1 Å². The Bertz CT molecular complexity index is 940. The van der Waals surface area contributed by atoms with Crippen LogP contribution in [0, 0.1) is 11.8 Å². The number of piperidine rings is 2. The number of nitrogens with one attached hydrogen (secondary N) is 1. The van der Waals surface area contributed by atoms with Gasteiger partial charge in [0, 0.05) is 45.2 Å². The largest absolute Gasteiger partial charge is 0.497 e. The van der Waals surface area contributed by atoms with E-state index in [1.807, 2.05) is 29.2 Å². The molecule has 0 saturated carbocycles. The minimum Gasteiger partial charge on any atom is -0.497 e. The average molecular weight is 441 g/mol. The summed E-state index contributed by atoms with van der Waals surface area (Å²) < 4.78 is 10.8. The van der Waals surface area contributed by atoms with Crippen LogP contribution in [0.15, 0.2) is 35.1 Å². The van der Waals surface area contributed by atoms with Crippen LogP contribution in [0.4, 0.5) is 0 Å². The Morgan fingerprint density at radius 3 is 2.75 bits per heavy atom. The number of methoxy groups -OCH3 is 1. The number of nitrogens with zero attached hydrogens (tertiary/aromatic N) is 3. The average Bonchev–Trinajstić information content (AvgIpc) is 3.29. The highest BCUT2D eigenvalue weighted by molar-refractivity contribution is 5.97. The quantitative estimate of drug-likeness (QED) is 0.712. The van der Waals surface area contributed by atoms with E-state index in [9.17, 15) is 9.59 Å². The number of hydrogen-bond donors (Lipinski definition) is 1. The van der Waals surface area contributed by atoms with E-state index in [-0.39, 0.29) is 11.8 Å². The molecular weight excluding hydrogens is 408 g/mol. The maximum absolute atomic E-state index is 13.4.